The number of nitrogen functional groups attached to an aromatic ring is 1. The zero-order valence-electron chi connectivity index (χ0n) is 13.4. The Bertz CT molecular complexity index is 554. The van der Waals surface area contributed by atoms with Gasteiger partial charge in [-0.3, -0.25) is 4.79 Å². The molecule has 2 aliphatic heterocycles. The van der Waals surface area contributed by atoms with E-state index in [1.807, 2.05) is 0 Å². The van der Waals surface area contributed by atoms with Gasteiger partial charge < -0.3 is 25.0 Å². The number of ether oxygens (including phenoxy) is 2. The molecule has 0 atom stereocenters. The van der Waals surface area contributed by atoms with Gasteiger partial charge in [-0.1, -0.05) is 0 Å². The molecule has 2 fully saturated rings. The maximum absolute atomic E-state index is 11.6. The van der Waals surface area contributed by atoms with E-state index in [4.69, 9.17) is 15.2 Å². The lowest BCUT2D eigenvalue weighted by Gasteiger charge is -2.34. The molecule has 8 heteroatoms. The van der Waals surface area contributed by atoms with Gasteiger partial charge in [0.1, 0.15) is 12.0 Å². The minimum atomic E-state index is -0.130. The van der Waals surface area contributed by atoms with Gasteiger partial charge in [-0.05, 0) is 12.8 Å². The van der Waals surface area contributed by atoms with Crippen LogP contribution in [0.15, 0.2) is 6.33 Å². The summed E-state index contributed by atoms with van der Waals surface area (Å²) in [5, 5.41) is 0. The third kappa shape index (κ3) is 3.31. The molecule has 0 saturated carbocycles. The molecule has 126 valence electrons. The van der Waals surface area contributed by atoms with Crippen LogP contribution >= 0.6 is 0 Å². The van der Waals surface area contributed by atoms with Crippen molar-refractivity contribution in [2.24, 2.45) is 5.92 Å². The molecule has 23 heavy (non-hydrogen) atoms. The summed E-state index contributed by atoms with van der Waals surface area (Å²) < 4.78 is 10.2. The molecule has 1 aromatic rings. The second-order valence-corrected chi connectivity index (χ2v) is 5.82. The van der Waals surface area contributed by atoms with Crippen LogP contribution in [0.1, 0.15) is 12.8 Å². The predicted octanol–water partition coefficient (Wildman–Crippen LogP) is 0.285. The summed E-state index contributed by atoms with van der Waals surface area (Å²) in [5.41, 5.74) is 6.93. The zero-order valence-corrected chi connectivity index (χ0v) is 13.4. The van der Waals surface area contributed by atoms with Crippen LogP contribution < -0.4 is 15.5 Å². The molecule has 0 unspecified atom stereocenters. The van der Waals surface area contributed by atoms with Crippen molar-refractivity contribution in [3.63, 3.8) is 0 Å². The highest BCUT2D eigenvalue weighted by Crippen LogP contribution is 2.32. The molecule has 1 aromatic heterocycles. The van der Waals surface area contributed by atoms with E-state index in [9.17, 15) is 4.79 Å². The Morgan fingerprint density at radius 2 is 1.74 bits per heavy atom. The summed E-state index contributed by atoms with van der Waals surface area (Å²) in [6, 6.07) is 0. The maximum atomic E-state index is 11.6. The zero-order chi connectivity index (χ0) is 16.2. The van der Waals surface area contributed by atoms with E-state index in [1.54, 1.807) is 6.33 Å². The van der Waals surface area contributed by atoms with Crippen LogP contribution in [-0.2, 0) is 14.3 Å². The minimum absolute atomic E-state index is 0.0296. The van der Waals surface area contributed by atoms with Crippen LogP contribution in [0.5, 0.6) is 0 Å². The fourth-order valence-electron chi connectivity index (χ4n) is 3.15. The number of hydrogen-bond acceptors (Lipinski definition) is 8. The number of anilines is 3. The third-order valence-corrected chi connectivity index (χ3v) is 4.48. The average Bonchev–Trinajstić information content (AvgIpc) is 2.62. The Labute approximate surface area is 135 Å². The Balaban J connectivity index is 1.72. The summed E-state index contributed by atoms with van der Waals surface area (Å²) in [6.07, 6.45) is 3.06. The number of morpholine rings is 1. The van der Waals surface area contributed by atoms with Gasteiger partial charge in [0.05, 0.1) is 26.2 Å². The topological polar surface area (TPSA) is 93.8 Å². The monoisotopic (exact) mass is 321 g/mol. The number of hydrogen-bond donors (Lipinski definition) is 1. The van der Waals surface area contributed by atoms with Crippen molar-refractivity contribution in [2.45, 2.75) is 12.8 Å². The summed E-state index contributed by atoms with van der Waals surface area (Å²) in [7, 11) is 1.44. The van der Waals surface area contributed by atoms with E-state index >= 15 is 0 Å². The number of aromatic nitrogens is 2. The summed E-state index contributed by atoms with van der Waals surface area (Å²) in [4.78, 5) is 24.6. The Hall–Kier alpha value is -2.09. The van der Waals surface area contributed by atoms with Crippen LogP contribution in [0.4, 0.5) is 17.3 Å². The molecule has 0 radical (unpaired) electrons. The van der Waals surface area contributed by atoms with Gasteiger partial charge in [0.2, 0.25) is 0 Å². The molecular weight excluding hydrogens is 298 g/mol. The van der Waals surface area contributed by atoms with Crippen molar-refractivity contribution >= 4 is 23.3 Å². The first-order valence-electron chi connectivity index (χ1n) is 7.96. The van der Waals surface area contributed by atoms with Crippen LogP contribution in [0.3, 0.4) is 0 Å². The maximum Gasteiger partial charge on any atom is 0.308 e. The van der Waals surface area contributed by atoms with Crippen molar-refractivity contribution in [3.05, 3.63) is 6.33 Å². The summed E-state index contributed by atoms with van der Waals surface area (Å²) in [5.74, 6) is 1.37. The van der Waals surface area contributed by atoms with Crippen LogP contribution in [0, 0.1) is 5.92 Å². The summed E-state index contributed by atoms with van der Waals surface area (Å²) >= 11 is 0. The third-order valence-electron chi connectivity index (χ3n) is 4.48. The Kier molecular flexibility index (Phi) is 4.80. The first-order chi connectivity index (χ1) is 11.2. The van der Waals surface area contributed by atoms with E-state index in [0.717, 1.165) is 50.7 Å². The number of piperidine rings is 1. The smallest absolute Gasteiger partial charge is 0.308 e. The molecule has 3 rings (SSSR count). The first-order valence-corrected chi connectivity index (χ1v) is 7.96. The normalized spacial score (nSPS) is 19.7. The molecule has 0 amide bonds. The highest BCUT2D eigenvalue weighted by molar-refractivity contribution is 5.77. The van der Waals surface area contributed by atoms with Crippen LogP contribution in [-0.4, -0.2) is 62.4 Å². The van der Waals surface area contributed by atoms with E-state index < -0.39 is 0 Å². The largest absolute Gasteiger partial charge is 0.469 e. The fourth-order valence-corrected chi connectivity index (χ4v) is 3.15. The number of carbonyl (C=O) groups excluding carboxylic acids is 1. The van der Waals surface area contributed by atoms with Gasteiger partial charge in [0.25, 0.3) is 0 Å². The van der Waals surface area contributed by atoms with Gasteiger partial charge in [-0.25, -0.2) is 9.97 Å². The number of rotatable bonds is 3. The van der Waals surface area contributed by atoms with Crippen molar-refractivity contribution in [1.82, 2.24) is 9.97 Å². The minimum Gasteiger partial charge on any atom is -0.469 e. The standard InChI is InChI=1S/C15H23N5O3/c1-22-15(21)11-2-4-19(5-3-11)13-12(16)14(18-10-17-13)20-6-8-23-9-7-20/h10-11H,2-9,16H2,1H3. The second kappa shape index (κ2) is 6.99. The van der Waals surface area contributed by atoms with E-state index in [-0.39, 0.29) is 11.9 Å². The molecular formula is C15H23N5O3. The second-order valence-electron chi connectivity index (χ2n) is 5.82. The molecule has 0 aliphatic carbocycles. The van der Waals surface area contributed by atoms with Crippen LogP contribution in [0.25, 0.3) is 0 Å². The highest BCUT2D eigenvalue weighted by atomic mass is 16.5. The fraction of sp³-hybridized carbons (Fsp3) is 0.667. The molecule has 8 nitrogen and oxygen atoms in total. The van der Waals surface area contributed by atoms with Gasteiger partial charge in [0.15, 0.2) is 11.6 Å². The molecule has 0 aromatic carbocycles. The van der Waals surface area contributed by atoms with Gasteiger partial charge in [0, 0.05) is 26.2 Å². The predicted molar refractivity (Wildman–Crippen MR) is 86.4 cm³/mol. The molecule has 2 N–H and O–H groups in total. The quantitative estimate of drug-likeness (QED) is 0.794. The molecule has 3 heterocycles. The number of carbonyl (C=O) groups is 1. The van der Waals surface area contributed by atoms with Crippen molar-refractivity contribution in [3.8, 4) is 0 Å². The molecule has 2 saturated heterocycles. The SMILES string of the molecule is COC(=O)C1CCN(c2ncnc(N3CCOCC3)c2N)CC1. The lowest BCUT2D eigenvalue weighted by molar-refractivity contribution is -0.146. The van der Waals surface area contributed by atoms with Gasteiger partial charge >= 0.3 is 5.97 Å². The Morgan fingerprint density at radius 3 is 2.30 bits per heavy atom. The first kappa shape index (κ1) is 15.8. The molecule has 2 aliphatic rings. The number of nitrogens with zero attached hydrogens (tertiary/aromatic N) is 4. The van der Waals surface area contributed by atoms with E-state index in [1.165, 1.54) is 7.11 Å². The van der Waals surface area contributed by atoms with E-state index in [0.29, 0.717) is 18.9 Å². The lowest BCUT2D eigenvalue weighted by Crippen LogP contribution is -2.39. The number of nitrogens with two attached hydrogens (primary N) is 1. The molecule has 0 spiro atoms. The summed E-state index contributed by atoms with van der Waals surface area (Å²) in [6.45, 7) is 4.41. The lowest BCUT2D eigenvalue weighted by atomic mass is 9.97. The highest BCUT2D eigenvalue weighted by Gasteiger charge is 2.28. The Morgan fingerprint density at radius 1 is 1.17 bits per heavy atom. The number of methoxy groups -OCH3 is 1. The van der Waals surface area contributed by atoms with Crippen molar-refractivity contribution in [1.29, 1.82) is 0 Å². The van der Waals surface area contributed by atoms with E-state index in [2.05, 4.69) is 19.8 Å². The van der Waals surface area contributed by atoms with Crippen molar-refractivity contribution in [2.75, 3.05) is 62.0 Å². The number of esters is 1. The van der Waals surface area contributed by atoms with Gasteiger partial charge in [-0.2, -0.15) is 0 Å². The van der Waals surface area contributed by atoms with Crippen molar-refractivity contribution < 1.29 is 14.3 Å². The van der Waals surface area contributed by atoms with Gasteiger partial charge in [-0.15, -0.1) is 0 Å². The van der Waals surface area contributed by atoms with Crippen LogP contribution in [0.2, 0.25) is 0 Å². The molecule has 0 bridgehead atoms. The average molecular weight is 321 g/mol.